The summed E-state index contributed by atoms with van der Waals surface area (Å²) in [6, 6.07) is 9.60. The molecule has 0 bridgehead atoms. The van der Waals surface area contributed by atoms with Gasteiger partial charge in [-0.3, -0.25) is 4.52 Å². The molecule has 1 aromatic heterocycles. The first-order chi connectivity index (χ1) is 18.9. The predicted octanol–water partition coefficient (Wildman–Crippen LogP) is 12.3. The molecule has 0 N–H and O–H groups in total. The second-order valence-electron chi connectivity index (χ2n) is 11.9. The molecule has 0 aliphatic carbocycles. The van der Waals surface area contributed by atoms with E-state index in [1.807, 2.05) is 0 Å². The molecule has 0 saturated carbocycles. The number of hydrogen-bond donors (Lipinski definition) is 0. The van der Waals surface area contributed by atoms with Gasteiger partial charge in [-0.1, -0.05) is 93.2 Å². The standard InChI is InChI=1S/C35H55O3P/c1-9-14-17-25(6)24-36-39-37-34-28(18-15-10-2)20-30(26(7)12-4)22-32(34)33-23-31(27(8)13-5)21-29(19-16-11-3)35(33)38-39/h20-23,25-27H,9-19,24H2,1-8H3. The van der Waals surface area contributed by atoms with Crippen LogP contribution in [-0.4, -0.2) is 6.61 Å². The van der Waals surface area contributed by atoms with Crippen LogP contribution in [0.25, 0.3) is 21.9 Å². The second-order valence-corrected chi connectivity index (χ2v) is 13.0. The molecule has 4 heteroatoms. The zero-order valence-electron chi connectivity index (χ0n) is 26.2. The average Bonchev–Trinajstić information content (AvgIpc) is 3.12. The Labute approximate surface area is 239 Å². The van der Waals surface area contributed by atoms with Crippen molar-refractivity contribution in [2.75, 3.05) is 6.61 Å². The summed E-state index contributed by atoms with van der Waals surface area (Å²) in [5.41, 5.74) is 7.40. The number of rotatable bonds is 16. The minimum atomic E-state index is -1.54. The highest BCUT2D eigenvalue weighted by atomic mass is 31.1. The molecule has 0 amide bonds. The van der Waals surface area contributed by atoms with E-state index < -0.39 is 8.24 Å². The number of benzene rings is 2. The molecule has 3 rings (SSSR count). The van der Waals surface area contributed by atoms with Crippen molar-refractivity contribution < 1.29 is 12.9 Å². The lowest BCUT2D eigenvalue weighted by molar-refractivity contribution is 0.296. The van der Waals surface area contributed by atoms with Crippen molar-refractivity contribution in [3.8, 4) is 0 Å². The molecule has 3 aromatic rings. The number of unbranched alkanes of at least 4 members (excludes halogenated alkanes) is 3. The van der Waals surface area contributed by atoms with Crippen molar-refractivity contribution in [1.82, 2.24) is 0 Å². The summed E-state index contributed by atoms with van der Waals surface area (Å²) in [6.07, 6.45) is 12.5. The van der Waals surface area contributed by atoms with Crippen LogP contribution >= 0.6 is 8.24 Å². The SMILES string of the molecule is CCCCc1cc(C(C)CC)cc2c1op(OCC(C)CCCC)oc1c(CCCC)cc(C(C)CC)cc12. The van der Waals surface area contributed by atoms with Crippen LogP contribution in [0, 0.1) is 5.92 Å². The lowest BCUT2D eigenvalue weighted by Crippen LogP contribution is -2.06. The molecule has 0 fully saturated rings. The molecule has 0 aliphatic rings. The Morgan fingerprint density at radius 3 is 1.54 bits per heavy atom. The molecule has 0 spiro atoms. The topological polar surface area (TPSA) is 35.5 Å². The van der Waals surface area contributed by atoms with E-state index in [2.05, 4.69) is 79.7 Å². The largest absolute Gasteiger partial charge is 0.399 e. The summed E-state index contributed by atoms with van der Waals surface area (Å²) in [5, 5.41) is 2.40. The molecule has 2 aromatic carbocycles. The third-order valence-corrected chi connectivity index (χ3v) is 9.50. The number of fused-ring (bicyclic) bond motifs is 3. The summed E-state index contributed by atoms with van der Waals surface area (Å²) in [7, 11) is -1.54. The van der Waals surface area contributed by atoms with Gasteiger partial charge in [-0.25, -0.2) is 0 Å². The van der Waals surface area contributed by atoms with E-state index >= 15 is 0 Å². The van der Waals surface area contributed by atoms with Crippen molar-refractivity contribution in [2.24, 2.45) is 5.92 Å². The van der Waals surface area contributed by atoms with Crippen LogP contribution in [-0.2, 0) is 12.8 Å². The van der Waals surface area contributed by atoms with Crippen LogP contribution in [0.1, 0.15) is 147 Å². The lowest BCUT2D eigenvalue weighted by Gasteiger charge is -2.15. The fourth-order valence-electron chi connectivity index (χ4n) is 5.23. The van der Waals surface area contributed by atoms with Crippen LogP contribution < -0.4 is 4.52 Å². The van der Waals surface area contributed by atoms with E-state index in [1.54, 1.807) is 0 Å². The molecule has 3 atom stereocenters. The summed E-state index contributed by atoms with van der Waals surface area (Å²) in [5.74, 6) is 1.48. The van der Waals surface area contributed by atoms with Crippen LogP contribution in [0.4, 0.5) is 0 Å². The molecular weight excluding hydrogens is 499 g/mol. The Bertz CT molecular complexity index is 1130. The monoisotopic (exact) mass is 554 g/mol. The summed E-state index contributed by atoms with van der Waals surface area (Å²) in [6.45, 7) is 19.0. The van der Waals surface area contributed by atoms with Crippen molar-refractivity contribution >= 4 is 30.2 Å². The first-order valence-corrected chi connectivity index (χ1v) is 17.1. The van der Waals surface area contributed by atoms with Crippen molar-refractivity contribution in [3.05, 3.63) is 46.5 Å². The smallest absolute Gasteiger partial charge is 0.387 e. The van der Waals surface area contributed by atoms with Crippen molar-refractivity contribution in [2.45, 2.75) is 138 Å². The van der Waals surface area contributed by atoms with Gasteiger partial charge in [0.25, 0.3) is 0 Å². The Morgan fingerprint density at radius 2 is 1.13 bits per heavy atom. The van der Waals surface area contributed by atoms with E-state index in [9.17, 15) is 0 Å². The molecule has 1 heterocycles. The van der Waals surface area contributed by atoms with Gasteiger partial charge < -0.3 is 8.39 Å². The highest BCUT2D eigenvalue weighted by Crippen LogP contribution is 2.41. The fraction of sp³-hybridized carbons (Fsp3) is 0.657. The van der Waals surface area contributed by atoms with E-state index in [1.165, 1.54) is 52.3 Å². The second kappa shape index (κ2) is 15.9. The van der Waals surface area contributed by atoms with Crippen molar-refractivity contribution in [1.29, 1.82) is 0 Å². The van der Waals surface area contributed by atoms with Gasteiger partial charge in [0, 0.05) is 10.8 Å². The highest BCUT2D eigenvalue weighted by Gasteiger charge is 2.19. The van der Waals surface area contributed by atoms with Gasteiger partial charge in [0.05, 0.1) is 6.61 Å². The zero-order chi connectivity index (χ0) is 28.4. The highest BCUT2D eigenvalue weighted by molar-refractivity contribution is 7.31. The maximum Gasteiger partial charge on any atom is 0.387 e. The predicted molar refractivity (Wildman–Crippen MR) is 171 cm³/mol. The molecule has 218 valence electrons. The third-order valence-electron chi connectivity index (χ3n) is 8.48. The number of aryl methyl sites for hydroxylation is 2. The van der Waals surface area contributed by atoms with E-state index in [4.69, 9.17) is 12.9 Å². The van der Waals surface area contributed by atoms with Crippen LogP contribution in [0.15, 0.2) is 32.7 Å². The third kappa shape index (κ3) is 8.40. The van der Waals surface area contributed by atoms with Gasteiger partial charge in [0.15, 0.2) is 0 Å². The minimum absolute atomic E-state index is 0.488. The van der Waals surface area contributed by atoms with E-state index in [0.29, 0.717) is 24.4 Å². The first kappa shape index (κ1) is 31.8. The minimum Gasteiger partial charge on any atom is -0.399 e. The molecule has 39 heavy (non-hydrogen) atoms. The van der Waals surface area contributed by atoms with Crippen LogP contribution in [0.2, 0.25) is 0 Å². The van der Waals surface area contributed by atoms with Gasteiger partial charge in [-0.15, -0.1) is 0 Å². The quantitative estimate of drug-likeness (QED) is 0.177. The van der Waals surface area contributed by atoms with E-state index in [0.717, 1.165) is 62.5 Å². The normalized spacial score (nSPS) is 14.6. The first-order valence-electron chi connectivity index (χ1n) is 16.0. The number of hydrogen-bond acceptors (Lipinski definition) is 3. The fourth-order valence-corrected chi connectivity index (χ4v) is 6.48. The summed E-state index contributed by atoms with van der Waals surface area (Å²) >= 11 is 0. The summed E-state index contributed by atoms with van der Waals surface area (Å²) in [4.78, 5) is 0. The Kier molecular flexibility index (Phi) is 13.0. The summed E-state index contributed by atoms with van der Waals surface area (Å²) < 4.78 is 20.1. The van der Waals surface area contributed by atoms with Crippen LogP contribution in [0.3, 0.4) is 0 Å². The van der Waals surface area contributed by atoms with E-state index in [-0.39, 0.29) is 0 Å². The van der Waals surface area contributed by atoms with Gasteiger partial charge >= 0.3 is 8.24 Å². The molecule has 0 aliphatic heterocycles. The molecular formula is C35H55O3P. The van der Waals surface area contributed by atoms with Gasteiger partial charge in [0.1, 0.15) is 11.2 Å². The van der Waals surface area contributed by atoms with Gasteiger partial charge in [0.2, 0.25) is 0 Å². The van der Waals surface area contributed by atoms with Crippen molar-refractivity contribution in [3.63, 3.8) is 0 Å². The molecule has 3 unspecified atom stereocenters. The average molecular weight is 555 g/mol. The molecule has 0 radical (unpaired) electrons. The van der Waals surface area contributed by atoms with Gasteiger partial charge in [-0.2, -0.15) is 0 Å². The zero-order valence-corrected chi connectivity index (χ0v) is 27.1. The maximum atomic E-state index is 6.80. The van der Waals surface area contributed by atoms with Gasteiger partial charge in [-0.05, 0) is 97.1 Å². The Balaban J connectivity index is 2.38. The lowest BCUT2D eigenvalue weighted by atomic mass is 9.90. The maximum absolute atomic E-state index is 6.80. The Morgan fingerprint density at radius 1 is 0.667 bits per heavy atom. The molecule has 3 nitrogen and oxygen atoms in total. The van der Waals surface area contributed by atoms with Crippen LogP contribution in [0.5, 0.6) is 0 Å². The Hall–Kier alpha value is -1.70. The molecule has 0 saturated heterocycles.